The van der Waals surface area contributed by atoms with E-state index in [1.807, 2.05) is 16.5 Å². The Bertz CT molecular complexity index is 825. The van der Waals surface area contributed by atoms with Crippen LogP contribution in [0.2, 0.25) is 0 Å². The van der Waals surface area contributed by atoms with Crippen LogP contribution in [0.3, 0.4) is 0 Å². The molecule has 2 aromatic rings. The smallest absolute Gasteiger partial charge is 0.346 e. The summed E-state index contributed by atoms with van der Waals surface area (Å²) in [5, 5.41) is 7.86. The van der Waals surface area contributed by atoms with Gasteiger partial charge in [0.2, 0.25) is 0 Å². The fraction of sp³-hybridized carbons (Fsp3) is 0.474. The molecule has 0 aliphatic carbocycles. The molecule has 1 saturated heterocycles. The van der Waals surface area contributed by atoms with E-state index in [4.69, 9.17) is 12.2 Å². The third kappa shape index (κ3) is 5.02. The predicted molar refractivity (Wildman–Crippen MR) is 107 cm³/mol. The summed E-state index contributed by atoms with van der Waals surface area (Å²) >= 11 is 5.40. The summed E-state index contributed by atoms with van der Waals surface area (Å²) in [4.78, 5) is 4.34. The molecule has 0 radical (unpaired) electrons. The first-order chi connectivity index (χ1) is 13.3. The Kier molecular flexibility index (Phi) is 6.24. The second-order valence-corrected chi connectivity index (χ2v) is 7.25. The highest BCUT2D eigenvalue weighted by molar-refractivity contribution is 7.80. The van der Waals surface area contributed by atoms with Crippen LogP contribution in [0.15, 0.2) is 30.5 Å². The summed E-state index contributed by atoms with van der Waals surface area (Å²) in [6.45, 7) is 8.90. The molecule has 152 valence electrons. The van der Waals surface area contributed by atoms with E-state index in [0.717, 1.165) is 57.1 Å². The normalized spacial score (nSPS) is 15.7. The van der Waals surface area contributed by atoms with Gasteiger partial charge in [-0.1, -0.05) is 6.07 Å². The molecule has 1 aromatic heterocycles. The Morgan fingerprint density at radius 1 is 1.21 bits per heavy atom. The van der Waals surface area contributed by atoms with E-state index < -0.39 is 11.7 Å². The van der Waals surface area contributed by atoms with Crippen LogP contribution in [0.5, 0.6) is 0 Å². The van der Waals surface area contributed by atoms with Crippen LogP contribution in [0, 0.1) is 6.92 Å². The first-order valence-electron chi connectivity index (χ1n) is 9.24. The van der Waals surface area contributed by atoms with Crippen molar-refractivity contribution >= 4 is 23.0 Å². The molecule has 0 bridgehead atoms. The zero-order valence-electron chi connectivity index (χ0n) is 16.0. The summed E-state index contributed by atoms with van der Waals surface area (Å²) in [6, 6.07) is 5.10. The lowest BCUT2D eigenvalue weighted by atomic mass is 10.2. The average molecular weight is 411 g/mol. The number of aryl methyl sites for hydroxylation is 2. The van der Waals surface area contributed by atoms with Gasteiger partial charge in [0, 0.05) is 56.7 Å². The van der Waals surface area contributed by atoms with Gasteiger partial charge in [-0.2, -0.15) is 18.3 Å². The number of piperazine rings is 1. The molecule has 0 amide bonds. The van der Waals surface area contributed by atoms with Crippen molar-refractivity contribution in [2.45, 2.75) is 33.1 Å². The summed E-state index contributed by atoms with van der Waals surface area (Å²) in [6.07, 6.45) is -2.28. The number of nitrogens with zero attached hydrogens (tertiary/aromatic N) is 4. The molecule has 2 heterocycles. The Balaban J connectivity index is 1.53. The highest BCUT2D eigenvalue weighted by atomic mass is 32.1. The topological polar surface area (TPSA) is 36.3 Å². The van der Waals surface area contributed by atoms with Crippen molar-refractivity contribution in [2.75, 3.05) is 31.5 Å². The van der Waals surface area contributed by atoms with E-state index in [0.29, 0.717) is 10.8 Å². The van der Waals surface area contributed by atoms with Gasteiger partial charge in [-0.25, -0.2) is 0 Å². The van der Waals surface area contributed by atoms with Crippen molar-refractivity contribution in [2.24, 2.45) is 0 Å². The summed E-state index contributed by atoms with van der Waals surface area (Å²) in [7, 11) is 0. The van der Waals surface area contributed by atoms with E-state index in [1.165, 1.54) is 11.6 Å². The number of rotatable bonds is 4. The number of thiocarbonyl (C=S) groups is 1. The zero-order valence-corrected chi connectivity index (χ0v) is 16.8. The van der Waals surface area contributed by atoms with Crippen molar-refractivity contribution in [3.8, 4) is 0 Å². The van der Waals surface area contributed by atoms with E-state index in [-0.39, 0.29) is 0 Å². The Hall–Kier alpha value is -2.13. The van der Waals surface area contributed by atoms with Gasteiger partial charge in [0.25, 0.3) is 0 Å². The van der Waals surface area contributed by atoms with Gasteiger partial charge in [0.15, 0.2) is 5.11 Å². The molecular formula is C19H24F3N5S. The van der Waals surface area contributed by atoms with Gasteiger partial charge in [0.05, 0.1) is 11.3 Å². The molecule has 0 saturated carbocycles. The lowest BCUT2D eigenvalue weighted by molar-refractivity contribution is -0.137. The minimum atomic E-state index is -4.37. The van der Waals surface area contributed by atoms with E-state index in [9.17, 15) is 13.2 Å². The molecule has 1 fully saturated rings. The third-order valence-corrected chi connectivity index (χ3v) is 5.23. The zero-order chi connectivity index (χ0) is 20.3. The molecule has 3 rings (SSSR count). The minimum Gasteiger partial charge on any atom is -0.346 e. The fourth-order valence-corrected chi connectivity index (χ4v) is 3.50. The monoisotopic (exact) mass is 411 g/mol. The van der Waals surface area contributed by atoms with Crippen LogP contribution in [-0.4, -0.2) is 50.9 Å². The Labute approximate surface area is 168 Å². The molecule has 0 unspecified atom stereocenters. The second-order valence-electron chi connectivity index (χ2n) is 6.87. The first-order valence-corrected chi connectivity index (χ1v) is 9.65. The number of anilines is 1. The van der Waals surface area contributed by atoms with Crippen molar-refractivity contribution in [3.63, 3.8) is 0 Å². The highest BCUT2D eigenvalue weighted by Gasteiger charge is 2.30. The Morgan fingerprint density at radius 3 is 2.54 bits per heavy atom. The van der Waals surface area contributed by atoms with Crippen LogP contribution >= 0.6 is 12.2 Å². The quantitative estimate of drug-likeness (QED) is 0.776. The Morgan fingerprint density at radius 2 is 1.93 bits per heavy atom. The van der Waals surface area contributed by atoms with Gasteiger partial charge < -0.3 is 10.2 Å². The van der Waals surface area contributed by atoms with Gasteiger partial charge in [-0.3, -0.25) is 9.58 Å². The molecule has 1 aliphatic rings. The van der Waals surface area contributed by atoms with Gasteiger partial charge >= 0.3 is 6.18 Å². The number of alkyl halides is 3. The summed E-state index contributed by atoms with van der Waals surface area (Å²) in [5.74, 6) is 0. The number of benzene rings is 1. The van der Waals surface area contributed by atoms with E-state index in [1.54, 1.807) is 6.07 Å². The largest absolute Gasteiger partial charge is 0.416 e. The molecule has 1 aromatic carbocycles. The van der Waals surface area contributed by atoms with E-state index in [2.05, 4.69) is 28.4 Å². The third-order valence-electron chi connectivity index (χ3n) is 4.87. The molecule has 9 heteroatoms. The van der Waals surface area contributed by atoms with Crippen molar-refractivity contribution < 1.29 is 13.2 Å². The molecule has 1 N–H and O–H groups in total. The number of nitrogens with one attached hydrogen (secondary N) is 1. The maximum atomic E-state index is 12.9. The maximum Gasteiger partial charge on any atom is 0.416 e. The average Bonchev–Trinajstić information content (AvgIpc) is 3.01. The van der Waals surface area contributed by atoms with Crippen LogP contribution < -0.4 is 5.32 Å². The molecule has 5 nitrogen and oxygen atoms in total. The lowest BCUT2D eigenvalue weighted by Crippen LogP contribution is -2.49. The van der Waals surface area contributed by atoms with Crippen LogP contribution in [-0.2, 0) is 19.3 Å². The lowest BCUT2D eigenvalue weighted by Gasteiger charge is -2.36. The summed E-state index contributed by atoms with van der Waals surface area (Å²) < 4.78 is 40.5. The van der Waals surface area contributed by atoms with Crippen LogP contribution in [0.4, 0.5) is 18.9 Å². The van der Waals surface area contributed by atoms with Gasteiger partial charge in [-0.15, -0.1) is 0 Å². The SMILES string of the molecule is CCn1cc(CN2CCN(C(=S)Nc3cccc(C(F)(F)F)c3)CC2)c(C)n1. The first kappa shape index (κ1) is 20.6. The molecule has 0 spiro atoms. The minimum absolute atomic E-state index is 0.352. The highest BCUT2D eigenvalue weighted by Crippen LogP contribution is 2.30. The number of halogens is 3. The van der Waals surface area contributed by atoms with Crippen molar-refractivity contribution in [1.82, 2.24) is 19.6 Å². The maximum absolute atomic E-state index is 12.9. The predicted octanol–water partition coefficient (Wildman–Crippen LogP) is 3.74. The van der Waals surface area contributed by atoms with Crippen molar-refractivity contribution in [1.29, 1.82) is 0 Å². The number of aromatic nitrogens is 2. The summed E-state index contributed by atoms with van der Waals surface area (Å²) in [5.41, 5.74) is 1.93. The van der Waals surface area contributed by atoms with Gasteiger partial charge in [-0.05, 0) is 44.3 Å². The van der Waals surface area contributed by atoms with Gasteiger partial charge in [0.1, 0.15) is 0 Å². The second kappa shape index (κ2) is 8.48. The van der Waals surface area contributed by atoms with Crippen molar-refractivity contribution in [3.05, 3.63) is 47.3 Å². The molecule has 1 aliphatic heterocycles. The molecular weight excluding hydrogens is 387 g/mol. The number of hydrogen-bond acceptors (Lipinski definition) is 3. The van der Waals surface area contributed by atoms with E-state index >= 15 is 0 Å². The fourth-order valence-electron chi connectivity index (χ4n) is 3.20. The molecule has 28 heavy (non-hydrogen) atoms. The molecule has 0 atom stereocenters. The number of hydrogen-bond donors (Lipinski definition) is 1. The standard InChI is InChI=1S/C19H24F3N5S/c1-3-27-13-15(14(2)24-27)12-25-7-9-26(10-8-25)18(28)23-17-6-4-5-16(11-17)19(20,21)22/h4-6,11,13H,3,7-10,12H2,1-2H3,(H,23,28). The van der Waals surface area contributed by atoms with Crippen LogP contribution in [0.1, 0.15) is 23.7 Å². The van der Waals surface area contributed by atoms with Crippen LogP contribution in [0.25, 0.3) is 0 Å².